The monoisotopic (exact) mass is 583 g/mol. The average molecular weight is 584 g/mol. The third kappa shape index (κ3) is 5.25. The standard InChI is InChI=1S/C32H35F2NO7/c1-18-4-12-25-19(2)29(39-30-32(25)24(18)14-15-31(3,40-30)41-42-32)35-28(37)17-38-23-10-6-21(7-11-23)27(36)13-8-20-5-9-22(33)16-26(20)34/h5-11,13,16,18-19,24-25,29-30H,4,12,14-15,17H2,1-3H3,(H,35,37)/b13-8+/t18-,19-,24+,25+,29+,30-,31-,32-/m1/s1. The van der Waals surface area contributed by atoms with Gasteiger partial charge >= 0.3 is 0 Å². The first-order valence-electron chi connectivity index (χ1n) is 14.5. The van der Waals surface area contributed by atoms with Crippen molar-refractivity contribution in [1.29, 1.82) is 0 Å². The number of carbonyl (C=O) groups is 2. The Morgan fingerprint density at radius 2 is 1.83 bits per heavy atom. The second-order valence-electron chi connectivity index (χ2n) is 12.1. The molecule has 2 aromatic rings. The quantitative estimate of drug-likeness (QED) is 0.259. The molecule has 2 aromatic carbocycles. The molecule has 0 unspecified atom stereocenters. The van der Waals surface area contributed by atoms with Gasteiger partial charge in [0.1, 0.15) is 23.6 Å². The maximum absolute atomic E-state index is 13.8. The largest absolute Gasteiger partial charge is 0.484 e. The van der Waals surface area contributed by atoms with Gasteiger partial charge in [-0.15, -0.1) is 0 Å². The van der Waals surface area contributed by atoms with E-state index >= 15 is 0 Å². The molecule has 224 valence electrons. The van der Waals surface area contributed by atoms with Gasteiger partial charge in [-0.1, -0.05) is 13.8 Å². The molecular weight excluding hydrogens is 548 g/mol. The highest BCUT2D eigenvalue weighted by atomic mass is 19.1. The number of carbonyl (C=O) groups excluding carboxylic acids is 2. The van der Waals surface area contributed by atoms with Crippen molar-refractivity contribution in [3.05, 3.63) is 71.3 Å². The van der Waals surface area contributed by atoms with Gasteiger partial charge in [0.2, 0.25) is 5.79 Å². The Hall–Kier alpha value is -3.18. The fraction of sp³-hybridized carbons (Fsp3) is 0.500. The molecule has 42 heavy (non-hydrogen) atoms. The summed E-state index contributed by atoms with van der Waals surface area (Å²) in [6, 6.07) is 9.39. The van der Waals surface area contributed by atoms with Gasteiger partial charge in [-0.25, -0.2) is 18.6 Å². The van der Waals surface area contributed by atoms with Crippen LogP contribution in [0.25, 0.3) is 6.08 Å². The van der Waals surface area contributed by atoms with Gasteiger partial charge < -0.3 is 19.5 Å². The summed E-state index contributed by atoms with van der Waals surface area (Å²) in [5, 5.41) is 2.97. The highest BCUT2D eigenvalue weighted by Gasteiger charge is 2.69. The third-order valence-corrected chi connectivity index (χ3v) is 9.35. The highest BCUT2D eigenvalue weighted by molar-refractivity contribution is 6.06. The topological polar surface area (TPSA) is 92.3 Å². The first-order chi connectivity index (χ1) is 20.1. The Balaban J connectivity index is 1.06. The fourth-order valence-corrected chi connectivity index (χ4v) is 7.03. The minimum atomic E-state index is -0.893. The Morgan fingerprint density at radius 1 is 1.05 bits per heavy atom. The predicted molar refractivity (Wildman–Crippen MR) is 147 cm³/mol. The van der Waals surface area contributed by atoms with Crippen molar-refractivity contribution in [2.75, 3.05) is 6.61 Å². The molecule has 1 saturated carbocycles. The lowest BCUT2D eigenvalue weighted by atomic mass is 9.58. The maximum atomic E-state index is 13.8. The number of fused-ring (bicyclic) bond motifs is 2. The van der Waals surface area contributed by atoms with Crippen LogP contribution in [0.15, 0.2) is 48.5 Å². The second kappa shape index (κ2) is 11.1. The number of benzene rings is 2. The summed E-state index contributed by atoms with van der Waals surface area (Å²) in [7, 11) is 0. The van der Waals surface area contributed by atoms with E-state index in [1.165, 1.54) is 18.2 Å². The molecule has 8 nitrogen and oxygen atoms in total. The molecule has 5 aliphatic rings. The number of nitrogens with one attached hydrogen (secondary N) is 1. The molecule has 1 N–H and O–H groups in total. The lowest BCUT2D eigenvalue weighted by Crippen LogP contribution is -2.72. The van der Waals surface area contributed by atoms with Crippen molar-refractivity contribution in [3.63, 3.8) is 0 Å². The number of allylic oxidation sites excluding steroid dienone is 1. The van der Waals surface area contributed by atoms with Crippen molar-refractivity contribution < 1.29 is 42.4 Å². The second-order valence-corrected chi connectivity index (χ2v) is 12.1. The van der Waals surface area contributed by atoms with Crippen LogP contribution in [0.1, 0.15) is 62.4 Å². The van der Waals surface area contributed by atoms with Gasteiger partial charge in [0.05, 0.1) is 0 Å². The van der Waals surface area contributed by atoms with Crippen LogP contribution in [-0.4, -0.2) is 42.2 Å². The number of hydrogen-bond acceptors (Lipinski definition) is 7. The van der Waals surface area contributed by atoms with Crippen LogP contribution in [0.5, 0.6) is 5.75 Å². The minimum absolute atomic E-state index is 0.0448. The van der Waals surface area contributed by atoms with Crippen molar-refractivity contribution in [2.45, 2.75) is 70.4 Å². The lowest BCUT2D eigenvalue weighted by Gasteiger charge is -2.60. The van der Waals surface area contributed by atoms with E-state index in [2.05, 4.69) is 19.2 Å². The molecule has 0 radical (unpaired) electrons. The zero-order valence-corrected chi connectivity index (χ0v) is 23.8. The van der Waals surface area contributed by atoms with Crippen molar-refractivity contribution >= 4 is 17.8 Å². The SMILES string of the molecule is C[C@H]1[C@@H](NC(=O)COc2ccc(C(=O)/C=C/c3ccc(F)cc3F)cc2)O[C@@H]2O[C@@]3(C)CC[C@H]4[C@H](C)CC[C@@H]1[C@@]24OO3. The van der Waals surface area contributed by atoms with Crippen LogP contribution in [0.2, 0.25) is 0 Å². The van der Waals surface area contributed by atoms with E-state index in [0.717, 1.165) is 31.4 Å². The van der Waals surface area contributed by atoms with Crippen molar-refractivity contribution in [1.82, 2.24) is 5.32 Å². The first-order valence-corrected chi connectivity index (χ1v) is 14.5. The Labute approximate surface area is 243 Å². The summed E-state index contributed by atoms with van der Waals surface area (Å²) in [5.41, 5.74) is -0.248. The maximum Gasteiger partial charge on any atom is 0.259 e. The van der Waals surface area contributed by atoms with Crippen LogP contribution < -0.4 is 10.1 Å². The van der Waals surface area contributed by atoms with Gasteiger partial charge in [0, 0.05) is 35.4 Å². The van der Waals surface area contributed by atoms with Crippen molar-refractivity contribution in [3.8, 4) is 5.75 Å². The molecule has 1 amide bonds. The fourth-order valence-electron chi connectivity index (χ4n) is 7.03. The molecule has 4 saturated heterocycles. The number of hydrogen-bond donors (Lipinski definition) is 1. The van der Waals surface area contributed by atoms with E-state index in [9.17, 15) is 18.4 Å². The summed E-state index contributed by atoms with van der Waals surface area (Å²) in [5.74, 6) is -1.92. The number of halogens is 2. The molecule has 5 fully saturated rings. The van der Waals surface area contributed by atoms with E-state index in [1.807, 2.05) is 6.92 Å². The molecule has 4 aliphatic heterocycles. The average Bonchev–Trinajstić information content (AvgIpc) is 3.20. The van der Waals surface area contributed by atoms with Gasteiger partial charge in [-0.2, -0.15) is 0 Å². The summed E-state index contributed by atoms with van der Waals surface area (Å²) >= 11 is 0. The lowest BCUT2D eigenvalue weighted by molar-refractivity contribution is -0.571. The zero-order chi connectivity index (χ0) is 29.6. The van der Waals surface area contributed by atoms with E-state index in [1.54, 1.807) is 24.3 Å². The van der Waals surface area contributed by atoms with E-state index in [0.29, 0.717) is 23.7 Å². The van der Waals surface area contributed by atoms with Gasteiger partial charge in [-0.05, 0) is 86.6 Å². The summed E-state index contributed by atoms with van der Waals surface area (Å²) in [6.07, 6.45) is 4.89. The van der Waals surface area contributed by atoms with Crippen LogP contribution in [0, 0.1) is 35.3 Å². The smallest absolute Gasteiger partial charge is 0.259 e. The molecule has 0 aromatic heterocycles. The number of ketones is 1. The van der Waals surface area contributed by atoms with E-state index in [4.69, 9.17) is 24.0 Å². The molecule has 7 rings (SSSR count). The molecule has 4 heterocycles. The van der Waals surface area contributed by atoms with Crippen molar-refractivity contribution in [2.24, 2.45) is 23.7 Å². The van der Waals surface area contributed by atoms with Crippen LogP contribution >= 0.6 is 0 Å². The molecule has 2 bridgehead atoms. The number of rotatable bonds is 7. The molecule has 10 heteroatoms. The summed E-state index contributed by atoms with van der Waals surface area (Å²) in [6.45, 7) is 5.93. The van der Waals surface area contributed by atoms with Crippen LogP contribution in [0.4, 0.5) is 8.78 Å². The number of amides is 1. The summed E-state index contributed by atoms with van der Waals surface area (Å²) in [4.78, 5) is 37.4. The van der Waals surface area contributed by atoms with Gasteiger partial charge in [-0.3, -0.25) is 9.59 Å². The third-order valence-electron chi connectivity index (χ3n) is 9.35. The van der Waals surface area contributed by atoms with Crippen LogP contribution in [0.3, 0.4) is 0 Å². The normalized spacial score (nSPS) is 35.4. The molecule has 1 spiro atoms. The predicted octanol–water partition coefficient (Wildman–Crippen LogP) is 5.56. The first kappa shape index (κ1) is 28.9. The highest BCUT2D eigenvalue weighted by Crippen LogP contribution is 2.60. The zero-order valence-electron chi connectivity index (χ0n) is 23.8. The summed E-state index contributed by atoms with van der Waals surface area (Å²) < 4.78 is 45.3. The van der Waals surface area contributed by atoms with E-state index < -0.39 is 35.5 Å². The molecule has 1 aliphatic carbocycles. The van der Waals surface area contributed by atoms with Gasteiger partial charge in [0.15, 0.2) is 24.3 Å². The van der Waals surface area contributed by atoms with E-state index in [-0.39, 0.29) is 41.6 Å². The molecule has 8 atom stereocenters. The number of ether oxygens (including phenoxy) is 3. The minimum Gasteiger partial charge on any atom is -0.484 e. The molecular formula is C32H35F2NO7. The Kier molecular flexibility index (Phi) is 7.67. The Morgan fingerprint density at radius 3 is 2.60 bits per heavy atom. The van der Waals surface area contributed by atoms with Gasteiger partial charge in [0.25, 0.3) is 5.91 Å². The van der Waals surface area contributed by atoms with Crippen LogP contribution in [-0.2, 0) is 24.0 Å². The Bertz CT molecular complexity index is 1380.